The largest absolute Gasteiger partial charge is 0.357 e. The van der Waals surface area contributed by atoms with E-state index in [-0.39, 0.29) is 29.8 Å². The highest BCUT2D eigenvalue weighted by atomic mass is 127. The quantitative estimate of drug-likeness (QED) is 0.399. The first kappa shape index (κ1) is 19.6. The van der Waals surface area contributed by atoms with E-state index < -0.39 is 0 Å². The molecule has 3 nitrogen and oxygen atoms in total. The van der Waals surface area contributed by atoms with Crippen molar-refractivity contribution in [1.82, 2.24) is 10.6 Å². The van der Waals surface area contributed by atoms with Crippen LogP contribution in [0.5, 0.6) is 0 Å². The maximum atomic E-state index is 13.7. The molecule has 0 radical (unpaired) electrons. The summed E-state index contributed by atoms with van der Waals surface area (Å²) in [5, 5.41) is 6.37. The van der Waals surface area contributed by atoms with Crippen LogP contribution >= 0.6 is 39.9 Å². The van der Waals surface area contributed by atoms with Gasteiger partial charge in [-0.15, -0.1) is 24.0 Å². The van der Waals surface area contributed by atoms with Crippen LogP contribution in [0.3, 0.4) is 0 Å². The summed E-state index contributed by atoms with van der Waals surface area (Å²) in [7, 11) is 0. The fraction of sp³-hybridized carbons (Fsp3) is 0.500. The van der Waals surface area contributed by atoms with E-state index in [1.165, 1.54) is 6.07 Å². The Morgan fingerprint density at radius 2 is 2.05 bits per heavy atom. The van der Waals surface area contributed by atoms with Crippen LogP contribution in [0.4, 0.5) is 4.39 Å². The van der Waals surface area contributed by atoms with Crippen molar-refractivity contribution in [1.29, 1.82) is 0 Å². The van der Waals surface area contributed by atoms with Gasteiger partial charge in [-0.05, 0) is 25.0 Å². The summed E-state index contributed by atoms with van der Waals surface area (Å²) in [6, 6.07) is 5.02. The number of guanidine groups is 1. The van der Waals surface area contributed by atoms with Gasteiger partial charge in [0.15, 0.2) is 5.96 Å². The van der Waals surface area contributed by atoms with Crippen LogP contribution in [0.1, 0.15) is 26.3 Å². The Labute approximate surface area is 146 Å². The van der Waals surface area contributed by atoms with Gasteiger partial charge in [0.1, 0.15) is 5.82 Å². The maximum absolute atomic E-state index is 13.7. The Bertz CT molecular complexity index is 438. The van der Waals surface area contributed by atoms with Crippen LogP contribution in [0.25, 0.3) is 0 Å². The number of hydrogen-bond acceptors (Lipinski definition) is 1. The molecule has 0 fully saturated rings. The highest BCUT2D eigenvalue weighted by Gasteiger charge is 2.03. The fourth-order valence-corrected chi connectivity index (χ4v) is 1.79. The topological polar surface area (TPSA) is 36.4 Å². The minimum absolute atomic E-state index is 0. The Morgan fingerprint density at radius 3 is 2.60 bits per heavy atom. The molecule has 20 heavy (non-hydrogen) atoms. The third-order valence-corrected chi connectivity index (χ3v) is 2.94. The molecule has 0 aliphatic rings. The molecule has 0 amide bonds. The van der Waals surface area contributed by atoms with Crippen molar-refractivity contribution >= 4 is 45.9 Å². The predicted molar refractivity (Wildman–Crippen MR) is 97.2 cm³/mol. The van der Waals surface area contributed by atoms with Crippen molar-refractivity contribution in [2.24, 2.45) is 10.9 Å². The smallest absolute Gasteiger partial charge is 0.191 e. The van der Waals surface area contributed by atoms with Gasteiger partial charge in [0.25, 0.3) is 0 Å². The Balaban J connectivity index is 0.00000361. The van der Waals surface area contributed by atoms with E-state index in [1.807, 2.05) is 13.0 Å². The molecule has 1 aromatic carbocycles. The minimum Gasteiger partial charge on any atom is -0.357 e. The number of hydrogen-bond donors (Lipinski definition) is 2. The molecule has 0 aliphatic carbocycles. The van der Waals surface area contributed by atoms with Gasteiger partial charge in [-0.25, -0.2) is 9.38 Å². The second-order valence-electron chi connectivity index (χ2n) is 4.71. The summed E-state index contributed by atoms with van der Waals surface area (Å²) in [6.45, 7) is 8.22. The summed E-state index contributed by atoms with van der Waals surface area (Å²) in [6.07, 6.45) is 0. The van der Waals surface area contributed by atoms with Crippen LogP contribution in [-0.4, -0.2) is 19.0 Å². The fourth-order valence-electron chi connectivity index (χ4n) is 1.46. The molecule has 1 aromatic rings. The van der Waals surface area contributed by atoms with Crippen molar-refractivity contribution < 1.29 is 4.39 Å². The van der Waals surface area contributed by atoms with Gasteiger partial charge in [0.05, 0.1) is 6.54 Å². The molecular formula is C14H22BrFIN3. The van der Waals surface area contributed by atoms with Gasteiger partial charge >= 0.3 is 0 Å². The zero-order chi connectivity index (χ0) is 14.3. The third-order valence-electron chi connectivity index (χ3n) is 2.44. The summed E-state index contributed by atoms with van der Waals surface area (Å²) in [5.74, 6) is 1.02. The SMILES string of the molecule is CCNC(=NCc1ccc(Br)cc1F)NCC(C)C.I. The molecule has 0 spiro atoms. The number of aliphatic imine (C=N–C) groups is 1. The van der Waals surface area contributed by atoms with Crippen molar-refractivity contribution in [3.8, 4) is 0 Å². The Kier molecular flexibility index (Phi) is 10.2. The number of nitrogens with zero attached hydrogens (tertiary/aromatic N) is 1. The standard InChI is InChI=1S/C14H21BrFN3.HI/c1-4-17-14(18-8-10(2)3)19-9-11-5-6-12(15)7-13(11)16;/h5-7,10H,4,8-9H2,1-3H3,(H2,17,18,19);1H. The van der Waals surface area contributed by atoms with Crippen LogP contribution in [0, 0.1) is 11.7 Å². The molecular weight excluding hydrogens is 436 g/mol. The van der Waals surface area contributed by atoms with Crippen molar-refractivity contribution in [2.45, 2.75) is 27.3 Å². The van der Waals surface area contributed by atoms with E-state index in [0.29, 0.717) is 18.0 Å². The molecule has 0 bridgehead atoms. The van der Waals surface area contributed by atoms with E-state index in [1.54, 1.807) is 6.07 Å². The maximum Gasteiger partial charge on any atom is 0.191 e. The first-order chi connectivity index (χ1) is 9.02. The summed E-state index contributed by atoms with van der Waals surface area (Å²) >= 11 is 3.24. The van der Waals surface area contributed by atoms with Crippen LogP contribution in [-0.2, 0) is 6.54 Å². The van der Waals surface area contributed by atoms with Crippen LogP contribution in [0.2, 0.25) is 0 Å². The lowest BCUT2D eigenvalue weighted by Gasteiger charge is -2.13. The first-order valence-corrected chi connectivity index (χ1v) is 7.28. The molecule has 0 heterocycles. The number of nitrogens with one attached hydrogen (secondary N) is 2. The predicted octanol–water partition coefficient (Wildman–Crippen LogP) is 3.92. The van der Waals surface area contributed by atoms with E-state index >= 15 is 0 Å². The Morgan fingerprint density at radius 1 is 1.35 bits per heavy atom. The molecule has 0 aromatic heterocycles. The summed E-state index contributed by atoms with van der Waals surface area (Å²) in [5.41, 5.74) is 0.588. The normalized spacial score (nSPS) is 11.2. The lowest BCUT2D eigenvalue weighted by molar-refractivity contribution is 0.604. The molecule has 0 unspecified atom stereocenters. The molecule has 0 atom stereocenters. The lowest BCUT2D eigenvalue weighted by atomic mass is 10.2. The zero-order valence-electron chi connectivity index (χ0n) is 12.0. The van der Waals surface area contributed by atoms with Gasteiger partial charge in [0, 0.05) is 23.1 Å². The molecule has 114 valence electrons. The van der Waals surface area contributed by atoms with Crippen LogP contribution in [0.15, 0.2) is 27.7 Å². The Hall–Kier alpha value is -0.370. The first-order valence-electron chi connectivity index (χ1n) is 6.49. The van der Waals surface area contributed by atoms with Crippen molar-refractivity contribution in [2.75, 3.05) is 13.1 Å². The van der Waals surface area contributed by atoms with Gasteiger partial charge in [-0.1, -0.05) is 35.8 Å². The molecule has 0 saturated carbocycles. The van der Waals surface area contributed by atoms with E-state index in [4.69, 9.17) is 0 Å². The van der Waals surface area contributed by atoms with Crippen molar-refractivity contribution in [3.05, 3.63) is 34.1 Å². The molecule has 1 rings (SSSR count). The molecule has 0 aliphatic heterocycles. The third kappa shape index (κ3) is 7.42. The van der Waals surface area contributed by atoms with Gasteiger partial charge < -0.3 is 10.6 Å². The van der Waals surface area contributed by atoms with Crippen molar-refractivity contribution in [3.63, 3.8) is 0 Å². The lowest BCUT2D eigenvalue weighted by Crippen LogP contribution is -2.39. The average Bonchev–Trinajstić information content (AvgIpc) is 2.34. The number of benzene rings is 1. The minimum atomic E-state index is -0.238. The molecule has 2 N–H and O–H groups in total. The average molecular weight is 458 g/mol. The second-order valence-corrected chi connectivity index (χ2v) is 5.62. The molecule has 6 heteroatoms. The molecule has 0 saturated heterocycles. The van der Waals surface area contributed by atoms with E-state index in [0.717, 1.165) is 23.5 Å². The second kappa shape index (κ2) is 10.4. The number of rotatable bonds is 5. The number of halogens is 3. The van der Waals surface area contributed by atoms with E-state index in [2.05, 4.69) is 45.4 Å². The summed E-state index contributed by atoms with van der Waals surface area (Å²) < 4.78 is 14.4. The van der Waals surface area contributed by atoms with Gasteiger partial charge in [0.2, 0.25) is 0 Å². The van der Waals surface area contributed by atoms with Crippen LogP contribution < -0.4 is 10.6 Å². The summed E-state index contributed by atoms with van der Waals surface area (Å²) in [4.78, 5) is 4.39. The van der Waals surface area contributed by atoms with Gasteiger partial charge in [-0.2, -0.15) is 0 Å². The van der Waals surface area contributed by atoms with Gasteiger partial charge in [-0.3, -0.25) is 0 Å². The zero-order valence-corrected chi connectivity index (χ0v) is 16.0. The highest BCUT2D eigenvalue weighted by molar-refractivity contribution is 14.0. The highest BCUT2D eigenvalue weighted by Crippen LogP contribution is 2.15. The monoisotopic (exact) mass is 457 g/mol. The van der Waals surface area contributed by atoms with E-state index in [9.17, 15) is 4.39 Å².